The van der Waals surface area contributed by atoms with Gasteiger partial charge in [0.25, 0.3) is 0 Å². The third-order valence-electron chi connectivity index (χ3n) is 4.01. The highest BCUT2D eigenvalue weighted by Crippen LogP contribution is 2.21. The number of carbonyl (C=O) groups excluding carboxylic acids is 1. The van der Waals surface area contributed by atoms with E-state index in [9.17, 15) is 13.6 Å². The van der Waals surface area contributed by atoms with Crippen LogP contribution in [-0.4, -0.2) is 22.3 Å². The van der Waals surface area contributed by atoms with E-state index in [4.69, 9.17) is 0 Å². The molecule has 1 heterocycles. The summed E-state index contributed by atoms with van der Waals surface area (Å²) >= 11 is 0. The van der Waals surface area contributed by atoms with Gasteiger partial charge in [0, 0.05) is 30.6 Å². The highest BCUT2D eigenvalue weighted by molar-refractivity contribution is 5.92. The van der Waals surface area contributed by atoms with E-state index >= 15 is 0 Å². The smallest absolute Gasteiger partial charge is 0.387 e. The molecule has 0 bridgehead atoms. The molecule has 1 N–H and O–H groups in total. The summed E-state index contributed by atoms with van der Waals surface area (Å²) in [5.41, 5.74) is 2.42. The molecule has 3 aromatic rings. The fourth-order valence-electron chi connectivity index (χ4n) is 2.68. The Kier molecular flexibility index (Phi) is 6.51. The van der Waals surface area contributed by atoms with E-state index in [0.717, 1.165) is 11.1 Å². The van der Waals surface area contributed by atoms with Crippen LogP contribution in [0, 0.1) is 0 Å². The number of alkyl halides is 2. The summed E-state index contributed by atoms with van der Waals surface area (Å²) in [7, 11) is 0. The van der Waals surface area contributed by atoms with Crippen LogP contribution in [0.1, 0.15) is 16.7 Å². The van der Waals surface area contributed by atoms with Gasteiger partial charge >= 0.3 is 6.61 Å². The van der Waals surface area contributed by atoms with Crippen molar-refractivity contribution in [1.82, 2.24) is 15.1 Å². The molecule has 5 nitrogen and oxygen atoms in total. The highest BCUT2D eigenvalue weighted by atomic mass is 19.3. The van der Waals surface area contributed by atoms with Crippen LogP contribution >= 0.6 is 0 Å². The summed E-state index contributed by atoms with van der Waals surface area (Å²) in [6, 6.07) is 15.9. The fraction of sp³-hybridized carbons (Fsp3) is 0.143. The molecule has 0 unspecified atom stereocenters. The minimum atomic E-state index is -2.92. The number of rotatable bonds is 8. The molecule has 0 aliphatic heterocycles. The van der Waals surface area contributed by atoms with Crippen molar-refractivity contribution in [2.24, 2.45) is 0 Å². The Labute approximate surface area is 161 Å². The Morgan fingerprint density at radius 1 is 1.11 bits per heavy atom. The standard InChI is InChI=1S/C21H19F2N3O2/c22-21(23)28-19-9-4-3-6-16(19)10-11-20(27)24-14-17-7-1-2-8-18(17)15-26-13-5-12-25-26/h1-13,21H,14-15H2,(H,24,27)/b11-10+. The van der Waals surface area contributed by atoms with Gasteiger partial charge in [0.2, 0.25) is 5.91 Å². The van der Waals surface area contributed by atoms with E-state index in [1.807, 2.05) is 36.5 Å². The zero-order valence-electron chi connectivity index (χ0n) is 15.0. The maximum absolute atomic E-state index is 12.4. The topological polar surface area (TPSA) is 56.1 Å². The fourth-order valence-corrected chi connectivity index (χ4v) is 2.68. The number of halogens is 2. The second-order valence-corrected chi connectivity index (χ2v) is 5.94. The van der Waals surface area contributed by atoms with Crippen LogP contribution in [0.4, 0.5) is 8.78 Å². The zero-order chi connectivity index (χ0) is 19.8. The molecule has 0 saturated heterocycles. The number of amides is 1. The van der Waals surface area contributed by atoms with E-state index in [2.05, 4.69) is 15.2 Å². The first-order valence-electron chi connectivity index (χ1n) is 8.66. The van der Waals surface area contributed by atoms with Crippen LogP contribution in [0.2, 0.25) is 0 Å². The molecule has 0 atom stereocenters. The maximum atomic E-state index is 12.4. The Bertz CT molecular complexity index is 940. The van der Waals surface area contributed by atoms with Gasteiger partial charge in [0.1, 0.15) is 5.75 Å². The molecule has 1 aromatic heterocycles. The van der Waals surface area contributed by atoms with Gasteiger partial charge in [0.15, 0.2) is 0 Å². The summed E-state index contributed by atoms with van der Waals surface area (Å²) in [6.45, 7) is -1.97. The normalized spacial score (nSPS) is 11.1. The second-order valence-electron chi connectivity index (χ2n) is 5.94. The molecule has 2 aromatic carbocycles. The van der Waals surface area contributed by atoms with E-state index in [0.29, 0.717) is 18.7 Å². The Balaban J connectivity index is 1.62. The molecule has 28 heavy (non-hydrogen) atoms. The Hall–Kier alpha value is -3.48. The monoisotopic (exact) mass is 383 g/mol. The van der Waals surface area contributed by atoms with E-state index in [1.165, 1.54) is 18.2 Å². The van der Waals surface area contributed by atoms with Crippen LogP contribution in [0.3, 0.4) is 0 Å². The van der Waals surface area contributed by atoms with Gasteiger partial charge < -0.3 is 10.1 Å². The molecule has 0 spiro atoms. The van der Waals surface area contributed by atoms with E-state index in [-0.39, 0.29) is 11.7 Å². The lowest BCUT2D eigenvalue weighted by Crippen LogP contribution is -2.21. The Morgan fingerprint density at radius 3 is 2.61 bits per heavy atom. The first-order chi connectivity index (χ1) is 13.6. The molecule has 3 rings (SSSR count). The van der Waals surface area contributed by atoms with Crippen LogP contribution in [0.25, 0.3) is 6.08 Å². The van der Waals surface area contributed by atoms with Crippen molar-refractivity contribution in [2.45, 2.75) is 19.7 Å². The predicted molar refractivity (Wildman–Crippen MR) is 102 cm³/mol. The van der Waals surface area contributed by atoms with Crippen molar-refractivity contribution < 1.29 is 18.3 Å². The summed E-state index contributed by atoms with van der Waals surface area (Å²) in [5.74, 6) is -0.313. The molecule has 144 valence electrons. The van der Waals surface area contributed by atoms with Gasteiger partial charge in [-0.1, -0.05) is 42.5 Å². The summed E-state index contributed by atoms with van der Waals surface area (Å²) in [5, 5.41) is 7.00. The second kappa shape index (κ2) is 9.45. The molecule has 0 aliphatic carbocycles. The molecular weight excluding hydrogens is 364 g/mol. The summed E-state index contributed by atoms with van der Waals surface area (Å²) in [6.07, 6.45) is 6.33. The molecule has 1 amide bonds. The summed E-state index contributed by atoms with van der Waals surface area (Å²) < 4.78 is 31.2. The van der Waals surface area contributed by atoms with Crippen LogP contribution in [-0.2, 0) is 17.9 Å². The Morgan fingerprint density at radius 2 is 1.86 bits per heavy atom. The number of para-hydroxylation sites is 1. The largest absolute Gasteiger partial charge is 0.434 e. The number of nitrogens with one attached hydrogen (secondary N) is 1. The third kappa shape index (κ3) is 5.51. The van der Waals surface area contributed by atoms with Crippen molar-refractivity contribution in [3.05, 3.63) is 89.8 Å². The molecule has 0 saturated carbocycles. The lowest BCUT2D eigenvalue weighted by atomic mass is 10.1. The molecule has 0 fully saturated rings. The lowest BCUT2D eigenvalue weighted by Gasteiger charge is -2.10. The van der Waals surface area contributed by atoms with Crippen molar-refractivity contribution in [3.63, 3.8) is 0 Å². The highest BCUT2D eigenvalue weighted by Gasteiger charge is 2.08. The lowest BCUT2D eigenvalue weighted by molar-refractivity contribution is -0.116. The van der Waals surface area contributed by atoms with Gasteiger partial charge in [0.05, 0.1) is 6.54 Å². The minimum absolute atomic E-state index is 0.0196. The minimum Gasteiger partial charge on any atom is -0.434 e. The molecule has 0 radical (unpaired) electrons. The van der Waals surface area contributed by atoms with Gasteiger partial charge in [-0.05, 0) is 29.3 Å². The summed E-state index contributed by atoms with van der Waals surface area (Å²) in [4.78, 5) is 12.1. The third-order valence-corrected chi connectivity index (χ3v) is 4.01. The van der Waals surface area contributed by atoms with Gasteiger partial charge in [-0.15, -0.1) is 0 Å². The van der Waals surface area contributed by atoms with Crippen molar-refractivity contribution >= 4 is 12.0 Å². The quantitative estimate of drug-likeness (QED) is 0.601. The first kappa shape index (κ1) is 19.3. The van der Waals surface area contributed by atoms with Crippen LogP contribution < -0.4 is 10.1 Å². The van der Waals surface area contributed by atoms with Gasteiger partial charge in [-0.2, -0.15) is 13.9 Å². The molecule has 0 aliphatic rings. The zero-order valence-corrected chi connectivity index (χ0v) is 15.0. The number of hydrogen-bond acceptors (Lipinski definition) is 3. The number of nitrogens with zero attached hydrogens (tertiary/aromatic N) is 2. The number of carbonyl (C=O) groups is 1. The SMILES string of the molecule is O=C(/C=C/c1ccccc1OC(F)F)NCc1ccccc1Cn1cccn1. The van der Waals surface area contributed by atoms with Gasteiger partial charge in [-0.25, -0.2) is 0 Å². The average molecular weight is 383 g/mol. The maximum Gasteiger partial charge on any atom is 0.387 e. The van der Waals surface area contributed by atoms with Gasteiger partial charge in [-0.3, -0.25) is 9.48 Å². The van der Waals surface area contributed by atoms with E-state index < -0.39 is 6.61 Å². The molecule has 7 heteroatoms. The number of benzene rings is 2. The first-order valence-corrected chi connectivity index (χ1v) is 8.66. The van der Waals surface area contributed by atoms with Crippen molar-refractivity contribution in [3.8, 4) is 5.75 Å². The number of hydrogen-bond donors (Lipinski definition) is 1. The van der Waals surface area contributed by atoms with Crippen LogP contribution in [0.15, 0.2) is 73.1 Å². The number of aromatic nitrogens is 2. The van der Waals surface area contributed by atoms with E-state index in [1.54, 1.807) is 29.1 Å². The molecular formula is C21H19F2N3O2. The predicted octanol–water partition coefficient (Wildman–Crippen LogP) is 3.86. The van der Waals surface area contributed by atoms with Crippen molar-refractivity contribution in [2.75, 3.05) is 0 Å². The van der Waals surface area contributed by atoms with Crippen LogP contribution in [0.5, 0.6) is 5.75 Å². The number of ether oxygens (including phenoxy) is 1. The average Bonchev–Trinajstić information content (AvgIpc) is 3.19. The van der Waals surface area contributed by atoms with Crippen molar-refractivity contribution in [1.29, 1.82) is 0 Å².